The molecule has 0 unspecified atom stereocenters. The monoisotopic (exact) mass is 273 g/mol. The van der Waals surface area contributed by atoms with Crippen LogP contribution in [0.3, 0.4) is 0 Å². The Kier molecular flexibility index (Phi) is 4.42. The van der Waals surface area contributed by atoms with Crippen molar-refractivity contribution in [2.24, 2.45) is 0 Å². The van der Waals surface area contributed by atoms with Gasteiger partial charge in [0.2, 0.25) is 0 Å². The molecule has 0 bridgehead atoms. The Hall–Kier alpha value is -0.850. The minimum absolute atomic E-state index is 0.0125. The fourth-order valence-electron chi connectivity index (χ4n) is 2.12. The standard InChI is InChI=1S/C12H19NO4S/c1-13-8-10-2-3-11(17-10)9-18(14,15)12-4-6-16-7-5-12/h2-3,12-13H,4-9H2,1H3. The molecule has 1 aliphatic heterocycles. The lowest BCUT2D eigenvalue weighted by Gasteiger charge is -2.21. The van der Waals surface area contributed by atoms with Crippen LogP contribution >= 0.6 is 0 Å². The largest absolute Gasteiger partial charge is 0.464 e. The zero-order valence-electron chi connectivity index (χ0n) is 10.5. The first-order chi connectivity index (χ1) is 8.62. The van der Waals surface area contributed by atoms with E-state index >= 15 is 0 Å². The first-order valence-corrected chi connectivity index (χ1v) is 7.85. The maximum absolute atomic E-state index is 12.2. The van der Waals surface area contributed by atoms with E-state index in [0.29, 0.717) is 38.4 Å². The molecular weight excluding hydrogens is 254 g/mol. The van der Waals surface area contributed by atoms with Crippen LogP contribution in [0, 0.1) is 0 Å². The molecule has 0 radical (unpaired) electrons. The number of ether oxygens (including phenoxy) is 1. The minimum atomic E-state index is -3.13. The zero-order chi connectivity index (χ0) is 13.0. The molecule has 0 aromatic carbocycles. The smallest absolute Gasteiger partial charge is 0.160 e. The fraction of sp³-hybridized carbons (Fsp3) is 0.667. The molecule has 0 amide bonds. The van der Waals surface area contributed by atoms with Crippen LogP contribution in [0.1, 0.15) is 24.4 Å². The van der Waals surface area contributed by atoms with Gasteiger partial charge in [0.1, 0.15) is 17.3 Å². The molecular formula is C12H19NO4S. The van der Waals surface area contributed by atoms with Crippen LogP contribution in [-0.4, -0.2) is 33.9 Å². The lowest BCUT2D eigenvalue weighted by Crippen LogP contribution is -2.29. The van der Waals surface area contributed by atoms with E-state index in [1.165, 1.54) is 0 Å². The highest BCUT2D eigenvalue weighted by atomic mass is 32.2. The van der Waals surface area contributed by atoms with Crippen molar-refractivity contribution in [3.8, 4) is 0 Å². The quantitative estimate of drug-likeness (QED) is 0.870. The molecule has 1 fully saturated rings. The second kappa shape index (κ2) is 5.86. The van der Waals surface area contributed by atoms with Crippen molar-refractivity contribution in [2.75, 3.05) is 20.3 Å². The van der Waals surface area contributed by atoms with Gasteiger partial charge in [-0.3, -0.25) is 0 Å². The van der Waals surface area contributed by atoms with Crippen molar-refractivity contribution in [1.29, 1.82) is 0 Å². The summed E-state index contributed by atoms with van der Waals surface area (Å²) in [5.74, 6) is 1.27. The molecule has 6 heteroatoms. The highest BCUT2D eigenvalue weighted by Gasteiger charge is 2.28. The van der Waals surface area contributed by atoms with Gasteiger partial charge in [0.05, 0.1) is 11.8 Å². The van der Waals surface area contributed by atoms with Crippen molar-refractivity contribution < 1.29 is 17.6 Å². The number of nitrogens with one attached hydrogen (secondary N) is 1. The van der Waals surface area contributed by atoms with Crippen molar-refractivity contribution in [3.63, 3.8) is 0 Å². The van der Waals surface area contributed by atoms with E-state index in [4.69, 9.17) is 9.15 Å². The van der Waals surface area contributed by atoms with Gasteiger partial charge >= 0.3 is 0 Å². The van der Waals surface area contributed by atoms with Gasteiger partial charge < -0.3 is 14.5 Å². The number of hydrogen-bond acceptors (Lipinski definition) is 5. The minimum Gasteiger partial charge on any atom is -0.464 e. The van der Waals surface area contributed by atoms with Crippen LogP contribution in [0.15, 0.2) is 16.5 Å². The molecule has 18 heavy (non-hydrogen) atoms. The topological polar surface area (TPSA) is 68.5 Å². The Bertz CT molecular complexity index is 474. The number of furan rings is 1. The van der Waals surface area contributed by atoms with E-state index in [2.05, 4.69) is 5.32 Å². The summed E-state index contributed by atoms with van der Waals surface area (Å²) in [5, 5.41) is 2.68. The predicted octanol–water partition coefficient (Wildman–Crippen LogP) is 1.09. The predicted molar refractivity (Wildman–Crippen MR) is 67.9 cm³/mol. The van der Waals surface area contributed by atoms with Crippen molar-refractivity contribution in [1.82, 2.24) is 5.32 Å². The number of sulfone groups is 1. The molecule has 102 valence electrons. The van der Waals surface area contributed by atoms with Crippen molar-refractivity contribution in [2.45, 2.75) is 30.4 Å². The molecule has 1 N–H and O–H groups in total. The average Bonchev–Trinajstić information content (AvgIpc) is 2.77. The Morgan fingerprint density at radius 1 is 1.28 bits per heavy atom. The maximum Gasteiger partial charge on any atom is 0.160 e. The van der Waals surface area contributed by atoms with Gasteiger partial charge in [0, 0.05) is 13.2 Å². The Labute approximate surface area is 107 Å². The molecule has 0 atom stereocenters. The second-order valence-electron chi connectivity index (χ2n) is 4.52. The van der Waals surface area contributed by atoms with Gasteiger partial charge in [-0.1, -0.05) is 0 Å². The third-order valence-electron chi connectivity index (χ3n) is 3.09. The molecule has 0 aliphatic carbocycles. The molecule has 0 spiro atoms. The lowest BCUT2D eigenvalue weighted by atomic mass is 10.2. The molecule has 0 saturated carbocycles. The summed E-state index contributed by atoms with van der Waals surface area (Å²) in [6.45, 7) is 1.68. The highest BCUT2D eigenvalue weighted by Crippen LogP contribution is 2.21. The van der Waals surface area contributed by atoms with Gasteiger partial charge in [0.15, 0.2) is 9.84 Å². The van der Waals surface area contributed by atoms with E-state index in [9.17, 15) is 8.42 Å². The highest BCUT2D eigenvalue weighted by molar-refractivity contribution is 7.91. The van der Waals surface area contributed by atoms with Crippen LogP contribution in [0.2, 0.25) is 0 Å². The summed E-state index contributed by atoms with van der Waals surface area (Å²) >= 11 is 0. The van der Waals surface area contributed by atoms with Gasteiger partial charge in [-0.15, -0.1) is 0 Å². The number of hydrogen-bond donors (Lipinski definition) is 1. The molecule has 1 aliphatic rings. The molecule has 5 nitrogen and oxygen atoms in total. The Morgan fingerprint density at radius 2 is 1.94 bits per heavy atom. The zero-order valence-corrected chi connectivity index (χ0v) is 11.3. The molecule has 1 aromatic rings. The summed E-state index contributed by atoms with van der Waals surface area (Å²) < 4.78 is 35.0. The van der Waals surface area contributed by atoms with Crippen LogP contribution in [0.5, 0.6) is 0 Å². The molecule has 2 rings (SSSR count). The molecule has 1 saturated heterocycles. The number of rotatable bonds is 5. The molecule has 2 heterocycles. The normalized spacial score (nSPS) is 18.1. The third-order valence-corrected chi connectivity index (χ3v) is 5.26. The third kappa shape index (κ3) is 3.34. The van der Waals surface area contributed by atoms with Crippen molar-refractivity contribution >= 4 is 9.84 Å². The molecule has 1 aromatic heterocycles. The van der Waals surface area contributed by atoms with E-state index in [1.54, 1.807) is 6.07 Å². The maximum atomic E-state index is 12.2. The SMILES string of the molecule is CNCc1ccc(CS(=O)(=O)C2CCOCC2)o1. The van der Waals surface area contributed by atoms with Gasteiger partial charge in [-0.25, -0.2) is 8.42 Å². The Balaban J connectivity index is 2.01. The fourth-order valence-corrected chi connectivity index (χ4v) is 3.82. The summed E-state index contributed by atoms with van der Waals surface area (Å²) in [6.07, 6.45) is 1.18. The van der Waals surface area contributed by atoms with E-state index in [-0.39, 0.29) is 11.0 Å². The Morgan fingerprint density at radius 3 is 2.61 bits per heavy atom. The first-order valence-electron chi connectivity index (χ1n) is 6.13. The van der Waals surface area contributed by atoms with Gasteiger partial charge in [0.25, 0.3) is 0 Å². The second-order valence-corrected chi connectivity index (χ2v) is 6.80. The van der Waals surface area contributed by atoms with Crippen LogP contribution in [0.4, 0.5) is 0 Å². The van der Waals surface area contributed by atoms with E-state index in [1.807, 2.05) is 13.1 Å². The van der Waals surface area contributed by atoms with Crippen molar-refractivity contribution in [3.05, 3.63) is 23.7 Å². The lowest BCUT2D eigenvalue weighted by molar-refractivity contribution is 0.0983. The van der Waals surface area contributed by atoms with E-state index in [0.717, 1.165) is 5.76 Å². The van der Waals surface area contributed by atoms with Gasteiger partial charge in [-0.05, 0) is 32.0 Å². The van der Waals surface area contributed by atoms with Gasteiger partial charge in [-0.2, -0.15) is 0 Å². The summed E-state index contributed by atoms with van der Waals surface area (Å²) in [4.78, 5) is 0. The summed E-state index contributed by atoms with van der Waals surface area (Å²) in [5.41, 5.74) is 0. The summed E-state index contributed by atoms with van der Waals surface area (Å²) in [7, 11) is -1.31. The van der Waals surface area contributed by atoms with Crippen LogP contribution in [-0.2, 0) is 26.9 Å². The summed E-state index contributed by atoms with van der Waals surface area (Å²) in [6, 6.07) is 3.55. The average molecular weight is 273 g/mol. The first kappa shape index (κ1) is 13.6. The van der Waals surface area contributed by atoms with Crippen LogP contribution in [0.25, 0.3) is 0 Å². The van der Waals surface area contributed by atoms with E-state index < -0.39 is 9.84 Å². The van der Waals surface area contributed by atoms with Crippen LogP contribution < -0.4 is 5.32 Å².